The van der Waals surface area contributed by atoms with Gasteiger partial charge in [0.05, 0.1) is 22.0 Å². The monoisotopic (exact) mass is 674 g/mol. The van der Waals surface area contributed by atoms with Crippen molar-refractivity contribution in [3.63, 3.8) is 0 Å². The van der Waals surface area contributed by atoms with Crippen LogP contribution in [0.1, 0.15) is 53.8 Å². The number of sulfone groups is 1. The third-order valence-corrected chi connectivity index (χ3v) is 9.44. The van der Waals surface area contributed by atoms with E-state index in [1.54, 1.807) is 24.3 Å². The number of hydrogen-bond donors (Lipinski definition) is 2. The summed E-state index contributed by atoms with van der Waals surface area (Å²) in [5.74, 6) is -2.34. The molecule has 0 bridgehead atoms. The molecule has 1 aromatic heterocycles. The summed E-state index contributed by atoms with van der Waals surface area (Å²) in [7, 11) is -3.56. The molecule has 1 amide bonds. The molecule has 9 nitrogen and oxygen atoms in total. The minimum absolute atomic E-state index is 0.0192. The Hall–Kier alpha value is -4.00. The number of alkyl halides is 1. The molecule has 4 aromatic rings. The molecule has 0 aliphatic heterocycles. The summed E-state index contributed by atoms with van der Waals surface area (Å²) in [6.45, 7) is 6.43. The van der Waals surface area contributed by atoms with Crippen LogP contribution in [0.5, 0.6) is 11.5 Å². The molecule has 0 aliphatic rings. The van der Waals surface area contributed by atoms with Crippen molar-refractivity contribution in [2.45, 2.75) is 56.9 Å². The van der Waals surface area contributed by atoms with E-state index in [2.05, 4.69) is 31.1 Å². The first kappa shape index (κ1) is 33.9. The van der Waals surface area contributed by atoms with Crippen molar-refractivity contribution in [3.05, 3.63) is 99.0 Å². The second-order valence-corrected chi connectivity index (χ2v) is 14.6. The summed E-state index contributed by atoms with van der Waals surface area (Å²) in [6.07, 6.45) is -2.13. The number of carboxylic acids is 1. The number of anilines is 1. The van der Waals surface area contributed by atoms with E-state index in [0.29, 0.717) is 22.8 Å². The van der Waals surface area contributed by atoms with Gasteiger partial charge in [0.2, 0.25) is 0 Å². The first-order valence-electron chi connectivity index (χ1n) is 13.9. The molecule has 3 aromatic carbocycles. The van der Waals surface area contributed by atoms with Crippen molar-refractivity contribution in [1.82, 2.24) is 4.98 Å². The molecule has 0 saturated heterocycles. The number of amides is 1. The Morgan fingerprint density at radius 2 is 1.82 bits per heavy atom. The number of ether oxygens (including phenoxy) is 2. The SMILES string of the molecule is CC(C)(C)c1csc(COc2cccc(C(=O)Nc3cc(CCCS(=O)(=O)c4ccc(Cl)cc4)ccc3OC(F)C(=O)O)c2)n1. The average Bonchev–Trinajstić information content (AvgIpc) is 3.48. The Balaban J connectivity index is 1.46. The summed E-state index contributed by atoms with van der Waals surface area (Å²) in [5.41, 5.74) is 1.73. The number of aliphatic carboxylic acids is 1. The standard InChI is InChI=1S/C32H32ClFN2O7S2/c1-32(2,3)27-19-44-28(36-27)18-42-23-8-4-7-21(17-23)30(37)35-25-16-20(9-14-26(25)43-29(34)31(38)39)6-5-15-45(40,41)24-12-10-22(33)11-13-24/h4,7-14,16-17,19,29H,5-6,15,18H2,1-3H3,(H,35,37)(H,38,39). The van der Waals surface area contributed by atoms with E-state index in [9.17, 15) is 22.4 Å². The molecule has 238 valence electrons. The van der Waals surface area contributed by atoms with E-state index in [0.717, 1.165) is 10.7 Å². The summed E-state index contributed by atoms with van der Waals surface area (Å²) in [5, 5.41) is 14.8. The lowest BCUT2D eigenvalue weighted by atomic mass is 9.93. The molecule has 0 fully saturated rings. The van der Waals surface area contributed by atoms with E-state index < -0.39 is 28.1 Å². The molecular weight excluding hydrogens is 643 g/mol. The zero-order valence-corrected chi connectivity index (χ0v) is 27.1. The number of halogens is 2. The van der Waals surface area contributed by atoms with Gasteiger partial charge in [-0.15, -0.1) is 11.3 Å². The number of carbonyl (C=O) groups excluding carboxylic acids is 1. The molecule has 13 heteroatoms. The molecule has 0 aliphatic carbocycles. The van der Waals surface area contributed by atoms with Gasteiger partial charge in [-0.1, -0.05) is 44.5 Å². The van der Waals surface area contributed by atoms with Gasteiger partial charge in [-0.3, -0.25) is 4.79 Å². The molecule has 45 heavy (non-hydrogen) atoms. The quantitative estimate of drug-likeness (QED) is 0.154. The van der Waals surface area contributed by atoms with Crippen LogP contribution in [-0.2, 0) is 33.1 Å². The van der Waals surface area contributed by atoms with E-state index in [1.807, 2.05) is 5.38 Å². The summed E-state index contributed by atoms with van der Waals surface area (Å²) < 4.78 is 50.2. The molecule has 0 radical (unpaired) electrons. The van der Waals surface area contributed by atoms with Crippen molar-refractivity contribution in [3.8, 4) is 11.5 Å². The van der Waals surface area contributed by atoms with E-state index in [4.69, 9.17) is 26.2 Å². The predicted octanol–water partition coefficient (Wildman–Crippen LogP) is 7.09. The zero-order valence-electron chi connectivity index (χ0n) is 24.8. The third kappa shape index (κ3) is 9.49. The summed E-state index contributed by atoms with van der Waals surface area (Å²) >= 11 is 7.34. The molecule has 2 N–H and O–H groups in total. The van der Waals surface area contributed by atoms with Crippen molar-refractivity contribution in [1.29, 1.82) is 0 Å². The van der Waals surface area contributed by atoms with Crippen LogP contribution in [0.25, 0.3) is 0 Å². The van der Waals surface area contributed by atoms with Crippen LogP contribution in [-0.4, -0.2) is 42.5 Å². The molecular formula is C32H32ClFN2O7S2. The second kappa shape index (κ2) is 14.4. The van der Waals surface area contributed by atoms with Crippen LogP contribution >= 0.6 is 22.9 Å². The van der Waals surface area contributed by atoms with Crippen LogP contribution in [0.4, 0.5) is 10.1 Å². The molecule has 1 heterocycles. The highest BCUT2D eigenvalue weighted by Crippen LogP contribution is 2.30. The Morgan fingerprint density at radius 1 is 1.09 bits per heavy atom. The topological polar surface area (TPSA) is 132 Å². The van der Waals surface area contributed by atoms with Crippen molar-refractivity contribution < 1.29 is 37.0 Å². The van der Waals surface area contributed by atoms with Gasteiger partial charge in [-0.2, -0.15) is 4.39 Å². The summed E-state index contributed by atoms with van der Waals surface area (Å²) in [4.78, 5) is 29.1. The van der Waals surface area contributed by atoms with Crippen LogP contribution in [0, 0.1) is 0 Å². The Labute approximate surface area is 269 Å². The number of benzene rings is 3. The van der Waals surface area contributed by atoms with E-state index >= 15 is 0 Å². The smallest absolute Gasteiger partial charge is 0.378 e. The third-order valence-electron chi connectivity index (χ3n) is 6.55. The Morgan fingerprint density at radius 3 is 2.49 bits per heavy atom. The van der Waals surface area contributed by atoms with Gasteiger partial charge in [0.25, 0.3) is 5.91 Å². The average molecular weight is 675 g/mol. The highest BCUT2D eigenvalue weighted by Gasteiger charge is 2.22. The van der Waals surface area contributed by atoms with E-state index in [1.165, 1.54) is 53.8 Å². The van der Waals surface area contributed by atoms with Gasteiger partial charge in [-0.25, -0.2) is 18.2 Å². The van der Waals surface area contributed by atoms with Gasteiger partial charge in [0.1, 0.15) is 23.1 Å². The maximum absolute atomic E-state index is 14.0. The highest BCUT2D eigenvalue weighted by molar-refractivity contribution is 7.91. The Kier molecular flexibility index (Phi) is 10.8. The van der Waals surface area contributed by atoms with E-state index in [-0.39, 0.29) is 46.1 Å². The predicted molar refractivity (Wildman–Crippen MR) is 171 cm³/mol. The number of nitrogens with one attached hydrogen (secondary N) is 1. The van der Waals surface area contributed by atoms with Gasteiger partial charge in [0.15, 0.2) is 9.84 Å². The van der Waals surface area contributed by atoms with Crippen LogP contribution in [0.3, 0.4) is 0 Å². The number of hydrogen-bond acceptors (Lipinski definition) is 8. The minimum Gasteiger partial charge on any atom is -0.486 e. The fourth-order valence-corrected chi connectivity index (χ4v) is 6.48. The van der Waals surface area contributed by atoms with Crippen LogP contribution in [0.15, 0.2) is 77.0 Å². The molecule has 0 saturated carbocycles. The number of carboxylic acid groups (broad SMARTS) is 1. The lowest BCUT2D eigenvalue weighted by Gasteiger charge is -2.15. The fourth-order valence-electron chi connectivity index (χ4n) is 4.11. The minimum atomic E-state index is -3.56. The lowest BCUT2D eigenvalue weighted by molar-refractivity contribution is -0.153. The van der Waals surface area contributed by atoms with Gasteiger partial charge < -0.3 is 19.9 Å². The molecule has 4 rings (SSSR count). The van der Waals surface area contributed by atoms with Crippen LogP contribution < -0.4 is 14.8 Å². The number of aryl methyl sites for hydroxylation is 1. The molecule has 1 atom stereocenters. The molecule has 0 spiro atoms. The van der Waals surface area contributed by atoms with Gasteiger partial charge in [-0.05, 0) is 73.0 Å². The summed E-state index contributed by atoms with van der Waals surface area (Å²) in [6, 6.07) is 16.7. The highest BCUT2D eigenvalue weighted by atomic mass is 35.5. The zero-order chi connectivity index (χ0) is 32.8. The van der Waals surface area contributed by atoms with Crippen molar-refractivity contribution >= 4 is 50.3 Å². The van der Waals surface area contributed by atoms with Crippen molar-refractivity contribution in [2.75, 3.05) is 11.1 Å². The number of carbonyl (C=O) groups is 2. The number of nitrogens with zero attached hydrogens (tertiary/aromatic N) is 1. The maximum atomic E-state index is 14.0. The number of rotatable bonds is 13. The first-order chi connectivity index (χ1) is 21.2. The number of thiazole rings is 1. The van der Waals surface area contributed by atoms with Crippen molar-refractivity contribution in [2.24, 2.45) is 0 Å². The Bertz CT molecular complexity index is 1770. The van der Waals surface area contributed by atoms with Gasteiger partial charge in [0, 0.05) is 21.4 Å². The fraction of sp³-hybridized carbons (Fsp3) is 0.281. The number of aromatic nitrogens is 1. The van der Waals surface area contributed by atoms with Crippen LogP contribution in [0.2, 0.25) is 5.02 Å². The second-order valence-electron chi connectivity index (χ2n) is 11.1. The normalized spacial score (nSPS) is 12.4. The van der Waals surface area contributed by atoms with Gasteiger partial charge >= 0.3 is 12.3 Å². The lowest BCUT2D eigenvalue weighted by Crippen LogP contribution is -2.22. The largest absolute Gasteiger partial charge is 0.486 e. The first-order valence-corrected chi connectivity index (χ1v) is 16.8. The molecule has 1 unspecified atom stereocenters. The maximum Gasteiger partial charge on any atom is 0.378 e.